The van der Waals surface area contributed by atoms with Gasteiger partial charge in [0.25, 0.3) is 0 Å². The molecule has 0 unspecified atom stereocenters. The number of amides is 2. The number of nitrogens with zero attached hydrogens (tertiary/aromatic N) is 2. The highest BCUT2D eigenvalue weighted by atomic mass is 16.3. The molecule has 1 saturated carbocycles. The van der Waals surface area contributed by atoms with E-state index in [0.29, 0.717) is 13.1 Å². The molecule has 21 heavy (non-hydrogen) atoms. The van der Waals surface area contributed by atoms with Gasteiger partial charge in [0.05, 0.1) is 6.10 Å². The van der Waals surface area contributed by atoms with Gasteiger partial charge in [0, 0.05) is 37.9 Å². The van der Waals surface area contributed by atoms with E-state index in [1.807, 2.05) is 19.1 Å². The minimum absolute atomic E-state index is 0.103. The molecule has 116 valence electrons. The van der Waals surface area contributed by atoms with Crippen molar-refractivity contribution in [3.63, 3.8) is 0 Å². The number of aromatic nitrogens is 1. The Kier molecular flexibility index (Phi) is 5.56. The average molecular weight is 291 g/mol. The quantitative estimate of drug-likeness (QED) is 0.892. The van der Waals surface area contributed by atoms with E-state index in [1.54, 1.807) is 18.1 Å². The lowest BCUT2D eigenvalue weighted by Crippen LogP contribution is -2.42. The molecule has 0 aliphatic heterocycles. The van der Waals surface area contributed by atoms with Crippen molar-refractivity contribution in [3.05, 3.63) is 29.6 Å². The van der Waals surface area contributed by atoms with Crippen molar-refractivity contribution in [3.8, 4) is 0 Å². The highest BCUT2D eigenvalue weighted by Gasteiger charge is 2.25. The van der Waals surface area contributed by atoms with E-state index in [4.69, 9.17) is 0 Å². The number of hydrogen-bond acceptors (Lipinski definition) is 3. The number of carbonyl (C=O) groups excluding carboxylic acids is 1. The molecule has 0 spiro atoms. The Balaban J connectivity index is 1.78. The van der Waals surface area contributed by atoms with Gasteiger partial charge < -0.3 is 15.3 Å². The van der Waals surface area contributed by atoms with Gasteiger partial charge in [0.2, 0.25) is 0 Å². The van der Waals surface area contributed by atoms with Crippen LogP contribution in [0.5, 0.6) is 0 Å². The summed E-state index contributed by atoms with van der Waals surface area (Å²) in [4.78, 5) is 18.0. The van der Waals surface area contributed by atoms with Crippen LogP contribution in [-0.2, 0) is 6.54 Å². The van der Waals surface area contributed by atoms with E-state index in [9.17, 15) is 9.90 Å². The SMILES string of the molecule is Cc1ccc(CNC(=O)N(C)C[C@H]2CCCC[C@@H]2O)cn1. The fourth-order valence-electron chi connectivity index (χ4n) is 2.75. The van der Waals surface area contributed by atoms with Crippen LogP contribution in [0.1, 0.15) is 36.9 Å². The molecule has 1 aliphatic rings. The van der Waals surface area contributed by atoms with E-state index in [0.717, 1.165) is 36.9 Å². The first kappa shape index (κ1) is 15.8. The van der Waals surface area contributed by atoms with Gasteiger partial charge in [-0.15, -0.1) is 0 Å². The lowest BCUT2D eigenvalue weighted by Gasteiger charge is -2.31. The number of carbonyl (C=O) groups is 1. The van der Waals surface area contributed by atoms with Gasteiger partial charge in [-0.1, -0.05) is 18.9 Å². The maximum absolute atomic E-state index is 12.1. The Hall–Kier alpha value is -1.62. The smallest absolute Gasteiger partial charge is 0.317 e. The second-order valence-corrected chi connectivity index (χ2v) is 5.96. The molecule has 0 radical (unpaired) electrons. The molecule has 2 rings (SSSR count). The molecule has 0 saturated heterocycles. The highest BCUT2D eigenvalue weighted by molar-refractivity contribution is 5.73. The first-order chi connectivity index (χ1) is 10.1. The van der Waals surface area contributed by atoms with Crippen LogP contribution in [0.2, 0.25) is 0 Å². The van der Waals surface area contributed by atoms with Crippen molar-refractivity contribution in [2.75, 3.05) is 13.6 Å². The van der Waals surface area contributed by atoms with Gasteiger partial charge in [-0.05, 0) is 31.4 Å². The maximum Gasteiger partial charge on any atom is 0.317 e. The number of rotatable bonds is 4. The predicted molar refractivity (Wildman–Crippen MR) is 81.8 cm³/mol. The first-order valence-corrected chi connectivity index (χ1v) is 7.65. The molecular formula is C16H25N3O2. The van der Waals surface area contributed by atoms with Gasteiger partial charge in [-0.25, -0.2) is 4.79 Å². The van der Waals surface area contributed by atoms with Gasteiger partial charge in [0.1, 0.15) is 0 Å². The number of aliphatic hydroxyl groups excluding tert-OH is 1. The lowest BCUT2D eigenvalue weighted by atomic mass is 9.86. The molecule has 0 bridgehead atoms. The summed E-state index contributed by atoms with van der Waals surface area (Å²) in [6, 6.07) is 3.80. The average Bonchev–Trinajstić information content (AvgIpc) is 2.48. The van der Waals surface area contributed by atoms with Crippen LogP contribution in [0.25, 0.3) is 0 Å². The topological polar surface area (TPSA) is 65.5 Å². The first-order valence-electron chi connectivity index (χ1n) is 7.65. The molecule has 1 aromatic rings. The van der Waals surface area contributed by atoms with Crippen LogP contribution in [0.3, 0.4) is 0 Å². The Morgan fingerprint density at radius 3 is 2.86 bits per heavy atom. The Morgan fingerprint density at radius 2 is 2.19 bits per heavy atom. The Morgan fingerprint density at radius 1 is 1.43 bits per heavy atom. The van der Waals surface area contributed by atoms with Crippen molar-refractivity contribution in [1.29, 1.82) is 0 Å². The number of aliphatic hydroxyl groups is 1. The third-order valence-electron chi connectivity index (χ3n) is 4.14. The molecule has 2 N–H and O–H groups in total. The zero-order chi connectivity index (χ0) is 15.2. The predicted octanol–water partition coefficient (Wildman–Crippen LogP) is 2.08. The minimum Gasteiger partial charge on any atom is -0.393 e. The largest absolute Gasteiger partial charge is 0.393 e. The van der Waals surface area contributed by atoms with Crippen LogP contribution in [0.4, 0.5) is 4.79 Å². The van der Waals surface area contributed by atoms with Crippen LogP contribution < -0.4 is 5.32 Å². The summed E-state index contributed by atoms with van der Waals surface area (Å²) in [5.41, 5.74) is 1.95. The van der Waals surface area contributed by atoms with E-state index in [1.165, 1.54) is 0 Å². The van der Waals surface area contributed by atoms with Crippen LogP contribution in [0.15, 0.2) is 18.3 Å². The molecule has 1 heterocycles. The molecule has 1 aliphatic carbocycles. The van der Waals surface area contributed by atoms with E-state index >= 15 is 0 Å². The summed E-state index contributed by atoms with van der Waals surface area (Å²) in [7, 11) is 1.78. The molecule has 2 amide bonds. The molecule has 0 aromatic carbocycles. The highest BCUT2D eigenvalue weighted by Crippen LogP contribution is 2.24. The second kappa shape index (κ2) is 7.41. The lowest BCUT2D eigenvalue weighted by molar-refractivity contribution is 0.0565. The molecule has 5 nitrogen and oxygen atoms in total. The van der Waals surface area contributed by atoms with Crippen LogP contribution in [-0.4, -0.2) is 40.7 Å². The third-order valence-corrected chi connectivity index (χ3v) is 4.14. The zero-order valence-corrected chi connectivity index (χ0v) is 12.9. The van der Waals surface area contributed by atoms with Crippen molar-refractivity contribution in [1.82, 2.24) is 15.2 Å². The molecule has 1 fully saturated rings. The summed E-state index contributed by atoms with van der Waals surface area (Å²) in [5.74, 6) is 0.204. The maximum atomic E-state index is 12.1. The van der Waals surface area contributed by atoms with Gasteiger partial charge in [-0.3, -0.25) is 4.98 Å². The number of urea groups is 1. The van der Waals surface area contributed by atoms with E-state index in [2.05, 4.69) is 10.3 Å². The van der Waals surface area contributed by atoms with Gasteiger partial charge >= 0.3 is 6.03 Å². The number of nitrogens with one attached hydrogen (secondary N) is 1. The van der Waals surface area contributed by atoms with E-state index in [-0.39, 0.29) is 18.1 Å². The van der Waals surface area contributed by atoms with Crippen LogP contribution in [0, 0.1) is 12.8 Å². The molecule has 5 heteroatoms. The normalized spacial score (nSPS) is 21.9. The molecule has 1 aromatic heterocycles. The van der Waals surface area contributed by atoms with Crippen molar-refractivity contribution in [2.24, 2.45) is 5.92 Å². The van der Waals surface area contributed by atoms with Crippen molar-refractivity contribution < 1.29 is 9.90 Å². The number of hydrogen-bond donors (Lipinski definition) is 2. The Bertz CT molecular complexity index is 461. The second-order valence-electron chi connectivity index (χ2n) is 5.96. The standard InChI is InChI=1S/C16H25N3O2/c1-12-7-8-13(9-17-12)10-18-16(21)19(2)11-14-5-3-4-6-15(14)20/h7-9,14-15,20H,3-6,10-11H2,1-2H3,(H,18,21)/t14-,15+/m1/s1. The monoisotopic (exact) mass is 291 g/mol. The van der Waals surface area contributed by atoms with E-state index < -0.39 is 0 Å². The Labute approximate surface area is 126 Å². The van der Waals surface area contributed by atoms with Crippen molar-refractivity contribution in [2.45, 2.75) is 45.3 Å². The summed E-state index contributed by atoms with van der Waals surface area (Å²) < 4.78 is 0. The summed E-state index contributed by atoms with van der Waals surface area (Å²) in [6.45, 7) is 3.02. The minimum atomic E-state index is -0.268. The van der Waals surface area contributed by atoms with Gasteiger partial charge in [-0.2, -0.15) is 0 Å². The fourth-order valence-corrected chi connectivity index (χ4v) is 2.75. The third kappa shape index (κ3) is 4.70. The zero-order valence-electron chi connectivity index (χ0n) is 12.9. The number of pyridine rings is 1. The fraction of sp³-hybridized carbons (Fsp3) is 0.625. The van der Waals surface area contributed by atoms with Crippen molar-refractivity contribution >= 4 is 6.03 Å². The van der Waals surface area contributed by atoms with Crippen LogP contribution >= 0.6 is 0 Å². The summed E-state index contributed by atoms with van der Waals surface area (Å²) in [5, 5.41) is 12.9. The molecular weight excluding hydrogens is 266 g/mol. The number of aryl methyl sites for hydroxylation is 1. The summed E-state index contributed by atoms with van der Waals surface area (Å²) in [6.07, 6.45) is 5.60. The molecule has 2 atom stereocenters. The van der Waals surface area contributed by atoms with Gasteiger partial charge in [0.15, 0.2) is 0 Å². The summed E-state index contributed by atoms with van der Waals surface area (Å²) >= 11 is 0.